The summed E-state index contributed by atoms with van der Waals surface area (Å²) in [5.74, 6) is -0.0795. The van der Waals surface area contributed by atoms with Crippen molar-refractivity contribution in [2.75, 3.05) is 32.7 Å². The van der Waals surface area contributed by atoms with Crippen molar-refractivity contribution in [3.05, 3.63) is 71.3 Å². The van der Waals surface area contributed by atoms with E-state index in [9.17, 15) is 14.0 Å². The third-order valence-corrected chi connectivity index (χ3v) is 8.01. The second-order valence-corrected chi connectivity index (χ2v) is 11.6. The van der Waals surface area contributed by atoms with Crippen molar-refractivity contribution in [3.8, 4) is 0 Å². The molecule has 2 fully saturated rings. The SMILES string of the molecule is CC(=O)N1CCC(CC(=O)N2CCN(C(c3ccc(F)cc3)c3ccccc3F)C[C@@H]2C(C)(C)C)CC1. The van der Waals surface area contributed by atoms with Crippen LogP contribution in [-0.2, 0) is 9.59 Å². The predicted octanol–water partition coefficient (Wildman–Crippen LogP) is 5.26. The fourth-order valence-electron chi connectivity index (χ4n) is 5.82. The van der Waals surface area contributed by atoms with E-state index in [1.165, 1.54) is 18.2 Å². The molecule has 0 radical (unpaired) electrons. The van der Waals surface area contributed by atoms with E-state index in [4.69, 9.17) is 0 Å². The molecule has 7 heteroatoms. The molecule has 2 atom stereocenters. The largest absolute Gasteiger partial charge is 0.343 e. The molecule has 0 aliphatic carbocycles. The first-order valence-electron chi connectivity index (χ1n) is 13.3. The normalized spacial score (nSPS) is 20.6. The molecule has 2 saturated heterocycles. The Morgan fingerprint density at radius 2 is 1.59 bits per heavy atom. The maximum absolute atomic E-state index is 15.0. The highest BCUT2D eigenvalue weighted by Gasteiger charge is 2.41. The summed E-state index contributed by atoms with van der Waals surface area (Å²) in [6, 6.07) is 12.6. The van der Waals surface area contributed by atoms with Gasteiger partial charge in [-0.3, -0.25) is 14.5 Å². The Morgan fingerprint density at radius 1 is 0.946 bits per heavy atom. The average molecular weight is 512 g/mol. The van der Waals surface area contributed by atoms with Crippen molar-refractivity contribution in [3.63, 3.8) is 0 Å². The standard InChI is InChI=1S/C30H39F2N3O2/c1-21(36)33-15-13-22(14-16-33)19-28(37)35-18-17-34(20-27(35)30(2,3)4)29(23-9-11-24(31)12-10-23)25-7-5-6-8-26(25)32/h5-12,22,27,29H,13-20H2,1-4H3/t27-,29?/m1/s1. The molecule has 37 heavy (non-hydrogen) atoms. The Balaban J connectivity index is 1.55. The van der Waals surface area contributed by atoms with Crippen LogP contribution in [0, 0.1) is 23.0 Å². The van der Waals surface area contributed by atoms with Gasteiger partial charge in [-0.1, -0.05) is 51.1 Å². The number of carbonyl (C=O) groups excluding carboxylic acids is 2. The lowest BCUT2D eigenvalue weighted by atomic mass is 9.82. The van der Waals surface area contributed by atoms with Gasteiger partial charge in [-0.25, -0.2) is 8.78 Å². The second kappa shape index (κ2) is 11.3. The van der Waals surface area contributed by atoms with E-state index in [1.54, 1.807) is 31.2 Å². The third kappa shape index (κ3) is 6.38. The summed E-state index contributed by atoms with van der Waals surface area (Å²) in [5, 5.41) is 0. The summed E-state index contributed by atoms with van der Waals surface area (Å²) in [6.45, 7) is 11.2. The summed E-state index contributed by atoms with van der Waals surface area (Å²) < 4.78 is 28.8. The molecule has 5 nitrogen and oxygen atoms in total. The van der Waals surface area contributed by atoms with Gasteiger partial charge in [0.1, 0.15) is 11.6 Å². The lowest BCUT2D eigenvalue weighted by molar-refractivity contribution is -0.141. The van der Waals surface area contributed by atoms with Gasteiger partial charge < -0.3 is 9.80 Å². The summed E-state index contributed by atoms with van der Waals surface area (Å²) in [7, 11) is 0. The molecule has 0 saturated carbocycles. The first-order valence-corrected chi connectivity index (χ1v) is 13.3. The van der Waals surface area contributed by atoms with Crippen LogP contribution in [0.5, 0.6) is 0 Å². The number of likely N-dealkylation sites (tertiary alicyclic amines) is 1. The molecule has 2 aromatic rings. The highest BCUT2D eigenvalue weighted by Crippen LogP contribution is 2.36. The molecule has 2 aromatic carbocycles. The van der Waals surface area contributed by atoms with Crippen LogP contribution in [0.1, 0.15) is 64.1 Å². The van der Waals surface area contributed by atoms with E-state index in [2.05, 4.69) is 25.7 Å². The van der Waals surface area contributed by atoms with Crippen molar-refractivity contribution in [1.82, 2.24) is 14.7 Å². The molecule has 0 aromatic heterocycles. The highest BCUT2D eigenvalue weighted by molar-refractivity contribution is 5.77. The molecule has 200 valence electrons. The molecule has 0 N–H and O–H groups in total. The van der Waals surface area contributed by atoms with Crippen LogP contribution in [0.15, 0.2) is 48.5 Å². The molecular weight excluding hydrogens is 472 g/mol. The number of amides is 2. The number of carbonyl (C=O) groups is 2. The Bertz CT molecular complexity index is 1090. The quantitative estimate of drug-likeness (QED) is 0.550. The Labute approximate surface area is 219 Å². The van der Waals surface area contributed by atoms with Crippen molar-refractivity contribution >= 4 is 11.8 Å². The van der Waals surface area contributed by atoms with Crippen LogP contribution in [0.3, 0.4) is 0 Å². The molecule has 0 bridgehead atoms. The molecule has 0 spiro atoms. The summed E-state index contributed by atoms with van der Waals surface area (Å²) >= 11 is 0. The molecule has 1 unspecified atom stereocenters. The van der Waals surface area contributed by atoms with Crippen LogP contribution in [0.25, 0.3) is 0 Å². The Morgan fingerprint density at radius 3 is 2.19 bits per heavy atom. The minimum atomic E-state index is -0.375. The zero-order chi connectivity index (χ0) is 26.7. The third-order valence-electron chi connectivity index (χ3n) is 8.01. The second-order valence-electron chi connectivity index (χ2n) is 11.6. The van der Waals surface area contributed by atoms with E-state index >= 15 is 4.39 Å². The summed E-state index contributed by atoms with van der Waals surface area (Å²) in [4.78, 5) is 31.3. The lowest BCUT2D eigenvalue weighted by Crippen LogP contribution is -2.60. The zero-order valence-electron chi connectivity index (χ0n) is 22.4. The number of nitrogens with zero attached hydrogens (tertiary/aromatic N) is 3. The van der Waals surface area contributed by atoms with Crippen LogP contribution >= 0.6 is 0 Å². The van der Waals surface area contributed by atoms with E-state index in [0.29, 0.717) is 44.7 Å². The van der Waals surface area contributed by atoms with Gasteiger partial charge in [0, 0.05) is 57.7 Å². The maximum atomic E-state index is 15.0. The first kappa shape index (κ1) is 27.2. The van der Waals surface area contributed by atoms with Crippen molar-refractivity contribution in [2.45, 2.75) is 59.0 Å². The minimum Gasteiger partial charge on any atom is -0.343 e. The van der Waals surface area contributed by atoms with Crippen LogP contribution in [0.4, 0.5) is 8.78 Å². The van der Waals surface area contributed by atoms with E-state index in [1.807, 2.05) is 15.9 Å². The monoisotopic (exact) mass is 511 g/mol. The first-order chi connectivity index (χ1) is 17.5. The summed E-state index contributed by atoms with van der Waals surface area (Å²) in [5.41, 5.74) is 1.20. The van der Waals surface area contributed by atoms with Gasteiger partial charge in [-0.05, 0) is 47.9 Å². The number of halogens is 2. The lowest BCUT2D eigenvalue weighted by Gasteiger charge is -2.50. The number of rotatable bonds is 5. The van der Waals surface area contributed by atoms with Gasteiger partial charge in [0.15, 0.2) is 0 Å². The Hall–Kier alpha value is -2.80. The van der Waals surface area contributed by atoms with Crippen LogP contribution in [-0.4, -0.2) is 65.3 Å². The topological polar surface area (TPSA) is 43.9 Å². The van der Waals surface area contributed by atoms with Crippen molar-refractivity contribution in [1.29, 1.82) is 0 Å². The van der Waals surface area contributed by atoms with Crippen molar-refractivity contribution in [2.24, 2.45) is 11.3 Å². The van der Waals surface area contributed by atoms with E-state index in [-0.39, 0.29) is 46.9 Å². The fraction of sp³-hybridized carbons (Fsp3) is 0.533. The number of hydrogen-bond donors (Lipinski definition) is 0. The molecular formula is C30H39F2N3O2. The number of hydrogen-bond acceptors (Lipinski definition) is 3. The Kier molecular flexibility index (Phi) is 8.32. The molecule has 2 amide bonds. The zero-order valence-corrected chi connectivity index (χ0v) is 22.4. The van der Waals surface area contributed by atoms with Crippen LogP contribution < -0.4 is 0 Å². The van der Waals surface area contributed by atoms with Gasteiger partial charge in [0.2, 0.25) is 11.8 Å². The predicted molar refractivity (Wildman–Crippen MR) is 141 cm³/mol. The van der Waals surface area contributed by atoms with Gasteiger partial charge in [0.05, 0.1) is 6.04 Å². The average Bonchev–Trinajstić information content (AvgIpc) is 2.86. The van der Waals surface area contributed by atoms with Crippen molar-refractivity contribution < 1.29 is 18.4 Å². The van der Waals surface area contributed by atoms with Gasteiger partial charge in [-0.2, -0.15) is 0 Å². The van der Waals surface area contributed by atoms with Gasteiger partial charge >= 0.3 is 0 Å². The van der Waals surface area contributed by atoms with E-state index < -0.39 is 0 Å². The number of benzene rings is 2. The molecule has 2 aliphatic heterocycles. The van der Waals surface area contributed by atoms with Crippen LogP contribution in [0.2, 0.25) is 0 Å². The highest BCUT2D eigenvalue weighted by atomic mass is 19.1. The van der Waals surface area contributed by atoms with Gasteiger partial charge in [0.25, 0.3) is 0 Å². The van der Waals surface area contributed by atoms with Gasteiger partial charge in [-0.15, -0.1) is 0 Å². The smallest absolute Gasteiger partial charge is 0.223 e. The number of piperazine rings is 1. The number of piperidine rings is 1. The molecule has 2 heterocycles. The summed E-state index contributed by atoms with van der Waals surface area (Å²) in [6.07, 6.45) is 2.20. The maximum Gasteiger partial charge on any atom is 0.223 e. The van der Waals surface area contributed by atoms with E-state index in [0.717, 1.165) is 18.4 Å². The minimum absolute atomic E-state index is 0.0548. The molecule has 2 aliphatic rings. The fourth-order valence-corrected chi connectivity index (χ4v) is 5.82. The molecule has 4 rings (SSSR count).